The fourth-order valence-corrected chi connectivity index (χ4v) is 1.10. The number of hydrogen-bond donors (Lipinski definition) is 0. The molecule has 0 radical (unpaired) electrons. The quantitative estimate of drug-likeness (QED) is 0.723. The summed E-state index contributed by atoms with van der Waals surface area (Å²) in [5.74, 6) is -1.09. The number of carbonyl (C=O) groups excluding carboxylic acids is 2. The van der Waals surface area contributed by atoms with Crippen LogP contribution in [0.4, 0.5) is 0 Å². The molecule has 5 heteroatoms. The molecule has 0 atom stereocenters. The monoisotopic (exact) mass is 223 g/mol. The lowest BCUT2D eigenvalue weighted by molar-refractivity contribution is -0.329. The van der Waals surface area contributed by atoms with Crippen LogP contribution in [0.25, 0.3) is 0 Å². The highest BCUT2D eigenvalue weighted by atomic mass is 17.0. The first-order chi connectivity index (χ1) is 7.58. The highest BCUT2D eigenvalue weighted by Crippen LogP contribution is 2.06. The standard InChI is InChI=1S/C11H13NO4/c1-9(13)15-12(16-10(2)14)8-11-6-4-3-5-7-11/h3-7H,8H2,1-2H3. The molecule has 0 spiro atoms. The summed E-state index contributed by atoms with van der Waals surface area (Å²) in [6, 6.07) is 9.22. The van der Waals surface area contributed by atoms with Crippen molar-refractivity contribution < 1.29 is 19.3 Å². The molecule has 0 bridgehead atoms. The summed E-state index contributed by atoms with van der Waals surface area (Å²) in [6.07, 6.45) is 0. The van der Waals surface area contributed by atoms with Crippen LogP contribution in [0.5, 0.6) is 0 Å². The van der Waals surface area contributed by atoms with Crippen molar-refractivity contribution in [2.75, 3.05) is 0 Å². The van der Waals surface area contributed by atoms with E-state index in [1.807, 2.05) is 30.3 Å². The van der Waals surface area contributed by atoms with Crippen molar-refractivity contribution in [3.8, 4) is 0 Å². The summed E-state index contributed by atoms with van der Waals surface area (Å²) in [6.45, 7) is 2.67. The van der Waals surface area contributed by atoms with Crippen molar-refractivity contribution in [3.05, 3.63) is 35.9 Å². The third-order valence-electron chi connectivity index (χ3n) is 1.62. The Hall–Kier alpha value is -1.88. The summed E-state index contributed by atoms with van der Waals surface area (Å²) >= 11 is 0. The smallest absolute Gasteiger partial charge is 0.326 e. The van der Waals surface area contributed by atoms with Gasteiger partial charge in [-0.05, 0) is 5.56 Å². The van der Waals surface area contributed by atoms with Crippen LogP contribution >= 0.6 is 0 Å². The van der Waals surface area contributed by atoms with E-state index in [0.717, 1.165) is 10.8 Å². The number of hydroxylamine groups is 2. The third kappa shape index (κ3) is 4.56. The largest absolute Gasteiger partial charge is 0.333 e. The molecule has 0 aromatic heterocycles. The first-order valence-electron chi connectivity index (χ1n) is 4.76. The Morgan fingerprint density at radius 1 is 1.06 bits per heavy atom. The Kier molecular flexibility index (Phi) is 4.47. The summed E-state index contributed by atoms with van der Waals surface area (Å²) in [7, 11) is 0. The number of rotatable bonds is 4. The Balaban J connectivity index is 2.63. The zero-order valence-corrected chi connectivity index (χ0v) is 9.17. The second-order valence-corrected chi connectivity index (χ2v) is 3.14. The second kappa shape index (κ2) is 5.87. The molecule has 0 aliphatic rings. The lowest BCUT2D eigenvalue weighted by Crippen LogP contribution is -2.28. The molecule has 86 valence electrons. The number of nitrogens with zero attached hydrogens (tertiary/aromatic N) is 1. The first-order valence-corrected chi connectivity index (χ1v) is 4.76. The molecule has 0 fully saturated rings. The number of benzene rings is 1. The van der Waals surface area contributed by atoms with Crippen molar-refractivity contribution in [2.24, 2.45) is 0 Å². The van der Waals surface area contributed by atoms with Crippen molar-refractivity contribution >= 4 is 11.9 Å². The lowest BCUT2D eigenvalue weighted by atomic mass is 10.2. The van der Waals surface area contributed by atoms with E-state index in [4.69, 9.17) is 9.68 Å². The van der Waals surface area contributed by atoms with Gasteiger partial charge in [-0.15, -0.1) is 0 Å². The predicted octanol–water partition coefficient (Wildman–Crippen LogP) is 1.44. The van der Waals surface area contributed by atoms with Gasteiger partial charge in [-0.3, -0.25) is 9.59 Å². The third-order valence-corrected chi connectivity index (χ3v) is 1.62. The average Bonchev–Trinajstić information content (AvgIpc) is 2.16. The molecule has 5 nitrogen and oxygen atoms in total. The summed E-state index contributed by atoms with van der Waals surface area (Å²) in [5.41, 5.74) is 0.866. The van der Waals surface area contributed by atoms with Crippen LogP contribution in [0.2, 0.25) is 0 Å². The number of carbonyl (C=O) groups is 2. The van der Waals surface area contributed by atoms with E-state index in [2.05, 4.69) is 0 Å². The van der Waals surface area contributed by atoms with Crippen molar-refractivity contribution in [1.29, 1.82) is 0 Å². The van der Waals surface area contributed by atoms with Crippen LogP contribution in [0.1, 0.15) is 19.4 Å². The van der Waals surface area contributed by atoms with Gasteiger partial charge in [0, 0.05) is 19.1 Å². The molecule has 0 amide bonds. The van der Waals surface area contributed by atoms with Gasteiger partial charge in [0.15, 0.2) is 0 Å². The van der Waals surface area contributed by atoms with Crippen LogP contribution in [0.3, 0.4) is 0 Å². The van der Waals surface area contributed by atoms with Gasteiger partial charge in [0.2, 0.25) is 0 Å². The van der Waals surface area contributed by atoms with Crippen molar-refractivity contribution in [2.45, 2.75) is 20.4 Å². The van der Waals surface area contributed by atoms with E-state index in [9.17, 15) is 9.59 Å². The van der Waals surface area contributed by atoms with Crippen LogP contribution in [0.15, 0.2) is 30.3 Å². The summed E-state index contributed by atoms with van der Waals surface area (Å²) in [5, 5.41) is 0.861. The maximum Gasteiger partial charge on any atom is 0.326 e. The Labute approximate surface area is 93.5 Å². The molecule has 0 heterocycles. The topological polar surface area (TPSA) is 55.8 Å². The molecular weight excluding hydrogens is 210 g/mol. The molecule has 1 rings (SSSR count). The first kappa shape index (κ1) is 12.2. The highest BCUT2D eigenvalue weighted by molar-refractivity contribution is 5.67. The van der Waals surface area contributed by atoms with Gasteiger partial charge in [-0.2, -0.15) is 0 Å². The minimum absolute atomic E-state index is 0.194. The molecule has 0 saturated heterocycles. The van der Waals surface area contributed by atoms with Crippen LogP contribution in [0, 0.1) is 0 Å². The highest BCUT2D eigenvalue weighted by Gasteiger charge is 2.12. The Bertz CT molecular complexity index is 348. The van der Waals surface area contributed by atoms with Crippen molar-refractivity contribution in [1.82, 2.24) is 5.23 Å². The zero-order valence-electron chi connectivity index (χ0n) is 9.17. The molecule has 0 aliphatic heterocycles. The molecule has 1 aromatic rings. The van der Waals surface area contributed by atoms with Crippen LogP contribution in [-0.2, 0) is 25.8 Å². The fourth-order valence-electron chi connectivity index (χ4n) is 1.10. The molecule has 0 saturated carbocycles. The average molecular weight is 223 g/mol. The Morgan fingerprint density at radius 3 is 2.00 bits per heavy atom. The van der Waals surface area contributed by atoms with Gasteiger partial charge in [0.25, 0.3) is 0 Å². The van der Waals surface area contributed by atoms with Gasteiger partial charge in [-0.25, -0.2) is 0 Å². The maximum atomic E-state index is 10.8. The van der Waals surface area contributed by atoms with Gasteiger partial charge in [0.05, 0.1) is 6.54 Å². The predicted molar refractivity (Wildman–Crippen MR) is 55.5 cm³/mol. The van der Waals surface area contributed by atoms with E-state index >= 15 is 0 Å². The molecule has 1 aromatic carbocycles. The molecular formula is C11H13NO4. The molecule has 16 heavy (non-hydrogen) atoms. The minimum Gasteiger partial charge on any atom is -0.333 e. The molecule has 0 N–H and O–H groups in total. The van der Waals surface area contributed by atoms with Gasteiger partial charge >= 0.3 is 11.9 Å². The van der Waals surface area contributed by atoms with E-state index < -0.39 is 11.9 Å². The van der Waals surface area contributed by atoms with Gasteiger partial charge in [-0.1, -0.05) is 30.3 Å². The van der Waals surface area contributed by atoms with Gasteiger partial charge < -0.3 is 9.68 Å². The number of hydrogen-bond acceptors (Lipinski definition) is 5. The van der Waals surface area contributed by atoms with E-state index in [1.165, 1.54) is 13.8 Å². The Morgan fingerprint density at radius 2 is 1.56 bits per heavy atom. The van der Waals surface area contributed by atoms with Crippen LogP contribution < -0.4 is 0 Å². The summed E-state index contributed by atoms with van der Waals surface area (Å²) < 4.78 is 0. The SMILES string of the molecule is CC(=O)ON(Cc1ccccc1)OC(C)=O. The van der Waals surface area contributed by atoms with E-state index in [0.29, 0.717) is 0 Å². The second-order valence-electron chi connectivity index (χ2n) is 3.14. The molecule has 0 aliphatic carbocycles. The summed E-state index contributed by atoms with van der Waals surface area (Å²) in [4.78, 5) is 31.0. The van der Waals surface area contributed by atoms with Crippen LogP contribution in [-0.4, -0.2) is 17.2 Å². The fraction of sp³-hybridized carbons (Fsp3) is 0.273. The van der Waals surface area contributed by atoms with Crippen molar-refractivity contribution in [3.63, 3.8) is 0 Å². The van der Waals surface area contributed by atoms with E-state index in [1.54, 1.807) is 0 Å². The van der Waals surface area contributed by atoms with E-state index in [-0.39, 0.29) is 6.54 Å². The minimum atomic E-state index is -0.544. The normalized spacial score (nSPS) is 9.94. The lowest BCUT2D eigenvalue weighted by Gasteiger charge is -2.17. The maximum absolute atomic E-state index is 10.8. The van der Waals surface area contributed by atoms with Gasteiger partial charge in [0.1, 0.15) is 0 Å². The molecule has 0 unspecified atom stereocenters. The zero-order chi connectivity index (χ0) is 12.0.